The smallest absolute Gasteiger partial charge is 0.338 e. The minimum Gasteiger partial charge on any atom is -0.458 e. The number of hydrogen-bond donors (Lipinski definition) is 1. The van der Waals surface area contributed by atoms with E-state index < -0.39 is 125 Å². The first-order chi connectivity index (χ1) is 26.7. The fourth-order valence-electron chi connectivity index (χ4n) is 7.66. The molecule has 2 aliphatic rings. The van der Waals surface area contributed by atoms with Crippen LogP contribution in [-0.2, 0) is 61.9 Å². The van der Waals surface area contributed by atoms with Gasteiger partial charge in [-0.05, 0) is 19.1 Å². The van der Waals surface area contributed by atoms with Gasteiger partial charge in [0.15, 0.2) is 24.4 Å². The first-order valence-corrected chi connectivity index (χ1v) is 19.2. The summed E-state index contributed by atoms with van der Waals surface area (Å²) in [6.07, 6.45) is -7.34. The SMILES string of the molecule is C=C1C(OC(=O)C(C)C)C(OC(C)=O)C(OC(C)=O)C(C)(C)C=CC(C)C(OC(=O)c2ccccc2)C2(O)CC(C)(OC(C)=O)C(OC(C)=O)C2C1OC(=O)C(C)C. The molecule has 1 aromatic rings. The van der Waals surface area contributed by atoms with Gasteiger partial charge in [-0.25, -0.2) is 4.79 Å². The molecule has 0 saturated heterocycles. The van der Waals surface area contributed by atoms with Gasteiger partial charge >= 0.3 is 41.8 Å². The van der Waals surface area contributed by atoms with Gasteiger partial charge in [0.25, 0.3) is 0 Å². The average Bonchev–Trinajstić information content (AvgIpc) is 3.32. The van der Waals surface area contributed by atoms with Crippen molar-refractivity contribution >= 4 is 41.8 Å². The van der Waals surface area contributed by atoms with Gasteiger partial charge in [0.2, 0.25) is 0 Å². The summed E-state index contributed by atoms with van der Waals surface area (Å²) in [5, 5.41) is 13.5. The fourth-order valence-corrected chi connectivity index (χ4v) is 7.66. The number of esters is 7. The molecule has 0 aliphatic heterocycles. The molecule has 320 valence electrons. The van der Waals surface area contributed by atoms with Crippen LogP contribution in [0.3, 0.4) is 0 Å². The van der Waals surface area contributed by atoms with Crippen molar-refractivity contribution in [3.63, 3.8) is 0 Å². The number of fused-ring (bicyclic) bond motifs is 1. The maximum Gasteiger partial charge on any atom is 0.338 e. The largest absolute Gasteiger partial charge is 0.458 e. The van der Waals surface area contributed by atoms with Crippen LogP contribution in [0.2, 0.25) is 0 Å². The molecule has 0 radical (unpaired) electrons. The third kappa shape index (κ3) is 10.9. The lowest BCUT2D eigenvalue weighted by Crippen LogP contribution is -2.60. The molecule has 0 spiro atoms. The Bertz CT molecular complexity index is 1760. The molecular weight excluding hydrogens is 756 g/mol. The van der Waals surface area contributed by atoms with Gasteiger partial charge in [0.1, 0.15) is 23.4 Å². The van der Waals surface area contributed by atoms with Crippen LogP contribution < -0.4 is 0 Å². The highest BCUT2D eigenvalue weighted by Gasteiger charge is 2.70. The van der Waals surface area contributed by atoms with E-state index in [0.717, 1.165) is 27.7 Å². The first-order valence-electron chi connectivity index (χ1n) is 19.2. The second-order valence-electron chi connectivity index (χ2n) is 16.6. The summed E-state index contributed by atoms with van der Waals surface area (Å²) in [7, 11) is 0. The summed E-state index contributed by atoms with van der Waals surface area (Å²) < 4.78 is 42.0. The van der Waals surface area contributed by atoms with E-state index in [0.29, 0.717) is 0 Å². The zero-order chi connectivity index (χ0) is 44.1. The number of hydrogen-bond acceptors (Lipinski definition) is 15. The van der Waals surface area contributed by atoms with E-state index >= 15 is 0 Å². The maximum atomic E-state index is 14.0. The predicted molar refractivity (Wildman–Crippen MR) is 206 cm³/mol. The van der Waals surface area contributed by atoms with E-state index in [9.17, 15) is 38.7 Å². The molecule has 1 N–H and O–H groups in total. The molecular formula is C43H58O15. The predicted octanol–water partition coefficient (Wildman–Crippen LogP) is 5.00. The molecule has 15 nitrogen and oxygen atoms in total. The van der Waals surface area contributed by atoms with Crippen LogP contribution in [0.25, 0.3) is 0 Å². The van der Waals surface area contributed by atoms with Gasteiger partial charge in [-0.1, -0.05) is 85.4 Å². The molecule has 58 heavy (non-hydrogen) atoms. The Morgan fingerprint density at radius 3 is 1.67 bits per heavy atom. The van der Waals surface area contributed by atoms with Crippen molar-refractivity contribution in [3.8, 4) is 0 Å². The second kappa shape index (κ2) is 18.7. The van der Waals surface area contributed by atoms with Crippen molar-refractivity contribution in [3.05, 3.63) is 60.2 Å². The zero-order valence-electron chi connectivity index (χ0n) is 35.4. The Morgan fingerprint density at radius 2 is 1.19 bits per heavy atom. The normalized spacial score (nSPS) is 30.8. The minimum absolute atomic E-state index is 0.120. The number of carbonyl (C=O) groups excluding carboxylic acids is 7. The van der Waals surface area contributed by atoms with Crippen molar-refractivity contribution in [1.82, 2.24) is 0 Å². The molecule has 0 heterocycles. The number of benzene rings is 1. The highest BCUT2D eigenvalue weighted by atomic mass is 16.6. The summed E-state index contributed by atoms with van der Waals surface area (Å²) in [6, 6.07) is 7.93. The van der Waals surface area contributed by atoms with E-state index in [1.165, 1.54) is 46.8 Å². The van der Waals surface area contributed by atoms with Gasteiger partial charge < -0.3 is 38.3 Å². The molecule has 2 aliphatic carbocycles. The van der Waals surface area contributed by atoms with Crippen LogP contribution in [0.1, 0.15) is 99.9 Å². The Balaban J connectivity index is 2.63. The van der Waals surface area contributed by atoms with E-state index in [1.807, 2.05) is 0 Å². The lowest BCUT2D eigenvalue weighted by molar-refractivity contribution is -0.198. The Labute approximate surface area is 339 Å². The van der Waals surface area contributed by atoms with Gasteiger partial charge in [-0.2, -0.15) is 0 Å². The van der Waals surface area contributed by atoms with Gasteiger partial charge in [-0.3, -0.25) is 28.8 Å². The Hall–Kier alpha value is -5.05. The third-order valence-corrected chi connectivity index (χ3v) is 10.3. The first kappa shape index (κ1) is 47.3. The Morgan fingerprint density at radius 1 is 0.690 bits per heavy atom. The average molecular weight is 815 g/mol. The standard InChI is InChI=1S/C43H58O15/c1-22(2)38(48)55-32-25(6)33(56-39(49)23(3)4)34(52-26(7)44)37(54-28(9)46)41(11,12)20-19-24(5)35(57-40(50)30-17-15-14-16-18-30)43(51)21-42(13,58-29(10)47)36(31(32)43)53-27(8)45/h14-20,22-24,31-37,51H,6,21H2,1-5,7-13H3. The summed E-state index contributed by atoms with van der Waals surface area (Å²) in [5.74, 6) is -10.2. The van der Waals surface area contributed by atoms with Crippen LogP contribution in [0, 0.1) is 29.1 Å². The van der Waals surface area contributed by atoms with Crippen molar-refractivity contribution in [2.75, 3.05) is 0 Å². The van der Waals surface area contributed by atoms with Gasteiger partial charge in [0, 0.05) is 51.0 Å². The molecule has 15 heteroatoms. The molecule has 10 unspecified atom stereocenters. The summed E-state index contributed by atoms with van der Waals surface area (Å²) in [6.45, 7) is 21.1. The summed E-state index contributed by atoms with van der Waals surface area (Å²) >= 11 is 0. The van der Waals surface area contributed by atoms with Crippen molar-refractivity contribution < 1.29 is 71.8 Å². The minimum atomic E-state index is -2.43. The molecule has 1 fully saturated rings. The molecule has 10 atom stereocenters. The number of rotatable bonds is 10. The highest BCUT2D eigenvalue weighted by molar-refractivity contribution is 5.89. The van der Waals surface area contributed by atoms with Crippen LogP contribution in [0.15, 0.2) is 54.6 Å². The zero-order valence-corrected chi connectivity index (χ0v) is 35.4. The summed E-state index contributed by atoms with van der Waals surface area (Å²) in [5.41, 5.74) is -5.79. The summed E-state index contributed by atoms with van der Waals surface area (Å²) in [4.78, 5) is 92.9. The van der Waals surface area contributed by atoms with E-state index in [-0.39, 0.29) is 11.1 Å². The topological polar surface area (TPSA) is 204 Å². The van der Waals surface area contributed by atoms with Crippen molar-refractivity contribution in [2.24, 2.45) is 29.1 Å². The quantitative estimate of drug-likeness (QED) is 0.187. The number of ether oxygens (including phenoxy) is 7. The fraction of sp³-hybridized carbons (Fsp3) is 0.605. The molecule has 0 aromatic heterocycles. The Kier molecular flexibility index (Phi) is 15.2. The molecule has 1 saturated carbocycles. The van der Waals surface area contributed by atoms with Crippen molar-refractivity contribution in [1.29, 1.82) is 0 Å². The van der Waals surface area contributed by atoms with Crippen molar-refractivity contribution in [2.45, 2.75) is 137 Å². The maximum absolute atomic E-state index is 14.0. The lowest BCUT2D eigenvalue weighted by atomic mass is 9.71. The van der Waals surface area contributed by atoms with Crippen LogP contribution in [0.4, 0.5) is 0 Å². The molecule has 0 amide bonds. The van der Waals surface area contributed by atoms with E-state index in [2.05, 4.69) is 6.58 Å². The van der Waals surface area contributed by atoms with Crippen LogP contribution >= 0.6 is 0 Å². The van der Waals surface area contributed by atoms with Gasteiger partial charge in [0.05, 0.1) is 23.3 Å². The van der Waals surface area contributed by atoms with Gasteiger partial charge in [-0.15, -0.1) is 0 Å². The second-order valence-corrected chi connectivity index (χ2v) is 16.6. The molecule has 3 rings (SSSR count). The van der Waals surface area contributed by atoms with Crippen LogP contribution in [-0.4, -0.2) is 94.7 Å². The van der Waals surface area contributed by atoms with E-state index in [4.69, 9.17) is 33.2 Å². The highest BCUT2D eigenvalue weighted by Crippen LogP contribution is 2.54. The number of aliphatic hydroxyl groups is 1. The third-order valence-electron chi connectivity index (χ3n) is 10.3. The van der Waals surface area contributed by atoms with Crippen LogP contribution in [0.5, 0.6) is 0 Å². The monoisotopic (exact) mass is 814 g/mol. The lowest BCUT2D eigenvalue weighted by Gasteiger charge is -2.46. The van der Waals surface area contributed by atoms with E-state index in [1.54, 1.807) is 51.1 Å². The molecule has 1 aromatic carbocycles. The molecule has 0 bridgehead atoms. The number of carbonyl (C=O) groups is 7.